The maximum Gasteiger partial charge on any atom is 0.278 e. The second kappa shape index (κ2) is 9.82. The van der Waals surface area contributed by atoms with Crippen LogP contribution in [-0.2, 0) is 11.3 Å². The van der Waals surface area contributed by atoms with E-state index in [1.807, 2.05) is 6.07 Å². The van der Waals surface area contributed by atoms with Crippen LogP contribution < -0.4 is 5.56 Å². The quantitative estimate of drug-likeness (QED) is 0.436. The van der Waals surface area contributed by atoms with Crippen molar-refractivity contribution in [1.29, 1.82) is 0 Å². The van der Waals surface area contributed by atoms with Crippen LogP contribution in [0.2, 0.25) is 0 Å². The summed E-state index contributed by atoms with van der Waals surface area (Å²) in [5.41, 5.74) is 1.23. The fourth-order valence-corrected chi connectivity index (χ4v) is 3.92. The summed E-state index contributed by atoms with van der Waals surface area (Å²) in [6.07, 6.45) is 4.60. The summed E-state index contributed by atoms with van der Waals surface area (Å²) in [5, 5.41) is 12.3. The van der Waals surface area contributed by atoms with Gasteiger partial charge in [-0.3, -0.25) is 14.4 Å². The molecule has 0 atom stereocenters. The number of amides is 1. The van der Waals surface area contributed by atoms with Gasteiger partial charge in [-0.05, 0) is 36.4 Å². The molecule has 10 heteroatoms. The van der Waals surface area contributed by atoms with Crippen molar-refractivity contribution in [2.45, 2.75) is 6.54 Å². The molecule has 4 heterocycles. The lowest BCUT2D eigenvalue weighted by Crippen LogP contribution is -2.40. The Morgan fingerprint density at radius 3 is 2.49 bits per heavy atom. The highest BCUT2D eigenvalue weighted by molar-refractivity contribution is 6.02. The molecule has 0 saturated carbocycles. The number of hydrogen-bond acceptors (Lipinski definition) is 7. The van der Waals surface area contributed by atoms with Crippen LogP contribution >= 0.6 is 0 Å². The van der Waals surface area contributed by atoms with E-state index in [0.29, 0.717) is 37.6 Å². The number of hydrogen-bond donors (Lipinski definition) is 0. The smallest absolute Gasteiger partial charge is 0.278 e. The normalized spacial score (nSPS) is 13.5. The van der Waals surface area contributed by atoms with E-state index in [9.17, 15) is 14.4 Å². The molecule has 0 spiro atoms. The van der Waals surface area contributed by atoms with E-state index in [4.69, 9.17) is 4.74 Å². The van der Waals surface area contributed by atoms with Crippen molar-refractivity contribution in [1.82, 2.24) is 29.4 Å². The van der Waals surface area contributed by atoms with Gasteiger partial charge < -0.3 is 14.2 Å². The monoisotopic (exact) mass is 470 g/mol. The molecule has 3 aromatic heterocycles. The summed E-state index contributed by atoms with van der Waals surface area (Å²) in [6, 6.07) is 15.5. The van der Waals surface area contributed by atoms with E-state index in [-0.39, 0.29) is 34.8 Å². The summed E-state index contributed by atoms with van der Waals surface area (Å²) in [6.45, 7) is 1.89. The zero-order chi connectivity index (χ0) is 24.2. The van der Waals surface area contributed by atoms with E-state index < -0.39 is 5.91 Å². The molecule has 1 amide bonds. The number of carbonyl (C=O) groups excluding carboxylic acids is 2. The molecule has 10 nitrogen and oxygen atoms in total. The molecule has 0 N–H and O–H groups in total. The maximum absolute atomic E-state index is 13.4. The lowest BCUT2D eigenvalue weighted by molar-refractivity contribution is 0.0303. The van der Waals surface area contributed by atoms with Gasteiger partial charge in [0, 0.05) is 37.2 Å². The molecule has 0 unspecified atom stereocenters. The minimum Gasteiger partial charge on any atom is -0.378 e. The predicted octanol–water partition coefficient (Wildman–Crippen LogP) is 1.71. The van der Waals surface area contributed by atoms with Crippen LogP contribution in [0.3, 0.4) is 0 Å². The molecular formula is C25H22N6O4. The van der Waals surface area contributed by atoms with Crippen molar-refractivity contribution in [3.8, 4) is 11.3 Å². The summed E-state index contributed by atoms with van der Waals surface area (Å²) in [7, 11) is 0. The van der Waals surface area contributed by atoms with Gasteiger partial charge in [-0.1, -0.05) is 18.2 Å². The van der Waals surface area contributed by atoms with Crippen LogP contribution in [0.25, 0.3) is 11.3 Å². The highest BCUT2D eigenvalue weighted by Gasteiger charge is 2.27. The highest BCUT2D eigenvalue weighted by atomic mass is 16.5. The summed E-state index contributed by atoms with van der Waals surface area (Å²) in [5.74, 6) is -0.706. The van der Waals surface area contributed by atoms with Gasteiger partial charge >= 0.3 is 0 Å². The number of rotatable bonds is 5. The van der Waals surface area contributed by atoms with Crippen LogP contribution in [-0.4, -0.2) is 67.6 Å². The van der Waals surface area contributed by atoms with Crippen molar-refractivity contribution in [3.63, 3.8) is 0 Å². The number of benzene rings is 1. The van der Waals surface area contributed by atoms with Gasteiger partial charge in [0.15, 0.2) is 0 Å². The van der Waals surface area contributed by atoms with Gasteiger partial charge in [0.05, 0.1) is 36.6 Å². The number of carbonyl (C=O) groups is 2. The lowest BCUT2D eigenvalue weighted by atomic mass is 10.1. The number of aromatic nitrogens is 5. The third-order valence-corrected chi connectivity index (χ3v) is 5.71. The lowest BCUT2D eigenvalue weighted by Gasteiger charge is -2.26. The fourth-order valence-electron chi connectivity index (χ4n) is 3.92. The third kappa shape index (κ3) is 4.64. The second-order valence-electron chi connectivity index (χ2n) is 7.98. The Kier molecular flexibility index (Phi) is 6.27. The molecule has 1 aliphatic heterocycles. The molecule has 1 saturated heterocycles. The molecule has 0 aliphatic carbocycles. The SMILES string of the molecule is O=C(c1cn(C(=O)c2ccccc2)nc1-c1cccn(Cc2cccnn2)c1=O)N1CCOCC1. The van der Waals surface area contributed by atoms with Crippen LogP contribution in [0.1, 0.15) is 26.4 Å². The molecule has 1 fully saturated rings. The Morgan fingerprint density at radius 2 is 1.74 bits per heavy atom. The van der Waals surface area contributed by atoms with E-state index in [2.05, 4.69) is 15.3 Å². The fraction of sp³-hybridized carbons (Fsp3) is 0.200. The Hall–Kier alpha value is -4.44. The van der Waals surface area contributed by atoms with Crippen molar-refractivity contribution in [2.24, 2.45) is 0 Å². The third-order valence-electron chi connectivity index (χ3n) is 5.71. The average molecular weight is 470 g/mol. The molecule has 4 aromatic rings. The van der Waals surface area contributed by atoms with Crippen LogP contribution in [0.15, 0.2) is 78.0 Å². The summed E-state index contributed by atoms with van der Waals surface area (Å²) >= 11 is 0. The highest BCUT2D eigenvalue weighted by Crippen LogP contribution is 2.22. The second-order valence-corrected chi connectivity index (χ2v) is 7.98. The van der Waals surface area contributed by atoms with Gasteiger partial charge in [0.25, 0.3) is 17.4 Å². The Morgan fingerprint density at radius 1 is 0.943 bits per heavy atom. The molecule has 0 bridgehead atoms. The van der Waals surface area contributed by atoms with E-state index >= 15 is 0 Å². The average Bonchev–Trinajstić information content (AvgIpc) is 3.36. The number of ether oxygens (including phenoxy) is 1. The molecular weight excluding hydrogens is 448 g/mol. The minimum atomic E-state index is -0.399. The first kappa shape index (κ1) is 22.4. The van der Waals surface area contributed by atoms with Gasteiger partial charge in [0.1, 0.15) is 5.69 Å². The van der Waals surface area contributed by atoms with E-state index in [1.54, 1.807) is 65.8 Å². The standard InChI is InChI=1S/C25H22N6O4/c32-23(18-6-2-1-3-7-18)31-17-21(25(34)29-12-14-35-15-13-29)22(28-31)20-9-5-11-30(24(20)33)16-19-8-4-10-26-27-19/h1-11,17H,12-16H2. The van der Waals surface area contributed by atoms with Crippen LogP contribution in [0, 0.1) is 0 Å². The first-order chi connectivity index (χ1) is 17.1. The number of nitrogens with zero attached hydrogens (tertiary/aromatic N) is 6. The molecule has 1 aromatic carbocycles. The Labute approximate surface area is 200 Å². The van der Waals surface area contributed by atoms with Gasteiger partial charge in [0.2, 0.25) is 0 Å². The maximum atomic E-state index is 13.4. The molecule has 0 radical (unpaired) electrons. The Bertz CT molecular complexity index is 1410. The van der Waals surface area contributed by atoms with Crippen molar-refractivity contribution in [2.75, 3.05) is 26.3 Å². The topological polar surface area (TPSA) is 112 Å². The van der Waals surface area contributed by atoms with Gasteiger partial charge in [-0.15, -0.1) is 0 Å². The van der Waals surface area contributed by atoms with Crippen molar-refractivity contribution < 1.29 is 14.3 Å². The molecule has 176 valence electrons. The van der Waals surface area contributed by atoms with Gasteiger partial charge in [-0.25, -0.2) is 4.68 Å². The van der Waals surface area contributed by atoms with Gasteiger partial charge in [-0.2, -0.15) is 15.3 Å². The number of morpholine rings is 1. The van der Waals surface area contributed by atoms with Crippen LogP contribution in [0.5, 0.6) is 0 Å². The zero-order valence-electron chi connectivity index (χ0n) is 18.8. The summed E-state index contributed by atoms with van der Waals surface area (Å²) in [4.78, 5) is 41.6. The molecule has 5 rings (SSSR count). The largest absolute Gasteiger partial charge is 0.378 e. The van der Waals surface area contributed by atoms with E-state index in [1.165, 1.54) is 10.8 Å². The minimum absolute atomic E-state index is 0.157. The number of pyridine rings is 1. The summed E-state index contributed by atoms with van der Waals surface area (Å²) < 4.78 is 7.96. The Balaban J connectivity index is 1.58. The first-order valence-corrected chi connectivity index (χ1v) is 11.1. The first-order valence-electron chi connectivity index (χ1n) is 11.1. The molecule has 1 aliphatic rings. The van der Waals surface area contributed by atoms with E-state index in [0.717, 1.165) is 4.68 Å². The van der Waals surface area contributed by atoms with Crippen molar-refractivity contribution >= 4 is 11.8 Å². The zero-order valence-corrected chi connectivity index (χ0v) is 18.8. The predicted molar refractivity (Wildman–Crippen MR) is 126 cm³/mol. The van der Waals surface area contributed by atoms with Crippen LogP contribution in [0.4, 0.5) is 0 Å². The molecule has 35 heavy (non-hydrogen) atoms. The van der Waals surface area contributed by atoms with Crippen molar-refractivity contribution in [3.05, 3.63) is 100 Å².